The van der Waals surface area contributed by atoms with E-state index in [1.54, 1.807) is 11.9 Å². The third-order valence-electron chi connectivity index (χ3n) is 5.85. The summed E-state index contributed by atoms with van der Waals surface area (Å²) in [6.07, 6.45) is -0.519. The van der Waals surface area contributed by atoms with Crippen molar-refractivity contribution in [2.45, 2.75) is 39.5 Å². The second-order valence-electron chi connectivity index (χ2n) is 7.48. The Hall–Kier alpha value is -2.87. The number of rotatable bonds is 6. The van der Waals surface area contributed by atoms with Gasteiger partial charge in [0.25, 0.3) is 5.91 Å². The average Bonchev–Trinajstić information content (AvgIpc) is 3.22. The van der Waals surface area contributed by atoms with Gasteiger partial charge in [0.1, 0.15) is 0 Å². The number of ether oxygens (including phenoxy) is 1. The van der Waals surface area contributed by atoms with Crippen LogP contribution in [-0.2, 0) is 16.1 Å². The zero-order chi connectivity index (χ0) is 20.7. The second kappa shape index (κ2) is 7.51. The Morgan fingerprint density at radius 2 is 1.79 bits per heavy atom. The Balaban J connectivity index is 1.63. The molecule has 0 aliphatic carbocycles. The van der Waals surface area contributed by atoms with Crippen LogP contribution in [0.15, 0.2) is 46.7 Å². The van der Waals surface area contributed by atoms with Gasteiger partial charge in [0, 0.05) is 25.0 Å². The Kier molecular flexibility index (Phi) is 5.04. The fourth-order valence-electron chi connectivity index (χ4n) is 4.14. The van der Waals surface area contributed by atoms with E-state index >= 15 is 0 Å². The molecule has 2 atom stereocenters. The topological polar surface area (TPSA) is 68.7 Å². The first-order valence-electron chi connectivity index (χ1n) is 9.97. The third kappa shape index (κ3) is 3.07. The minimum absolute atomic E-state index is 0.217. The van der Waals surface area contributed by atoms with Crippen molar-refractivity contribution in [1.82, 2.24) is 19.6 Å². The summed E-state index contributed by atoms with van der Waals surface area (Å²) in [7, 11) is 1.71. The SMILES string of the molecule is CCOCCN1C(=O)C2C(N=C3N(Cc4ccccc4)C(C)=C(C)N32)N(C)C1=O. The first-order chi connectivity index (χ1) is 14.0. The number of likely N-dealkylation sites (N-methyl/N-ethyl adjacent to an activating group) is 1. The van der Waals surface area contributed by atoms with Gasteiger partial charge in [-0.3, -0.25) is 14.6 Å². The van der Waals surface area contributed by atoms with Gasteiger partial charge in [-0.1, -0.05) is 30.3 Å². The van der Waals surface area contributed by atoms with Gasteiger partial charge in [-0.2, -0.15) is 0 Å². The number of amides is 3. The van der Waals surface area contributed by atoms with Crippen molar-refractivity contribution >= 4 is 17.9 Å². The number of hydrogen-bond acceptors (Lipinski definition) is 6. The van der Waals surface area contributed by atoms with Gasteiger partial charge >= 0.3 is 6.03 Å². The lowest BCUT2D eigenvalue weighted by molar-refractivity contribution is -0.137. The Bertz CT molecular complexity index is 882. The van der Waals surface area contributed by atoms with Crippen LogP contribution in [0.25, 0.3) is 0 Å². The number of carbonyl (C=O) groups is 2. The van der Waals surface area contributed by atoms with E-state index in [2.05, 4.69) is 17.0 Å². The predicted octanol–water partition coefficient (Wildman–Crippen LogP) is 2.05. The number of aliphatic imine (C=N–C) groups is 1. The number of carbonyl (C=O) groups excluding carboxylic acids is 2. The molecular weight excluding hydrogens is 370 g/mol. The van der Waals surface area contributed by atoms with Crippen LogP contribution in [0.1, 0.15) is 26.3 Å². The molecule has 1 aromatic rings. The van der Waals surface area contributed by atoms with Crippen LogP contribution >= 0.6 is 0 Å². The summed E-state index contributed by atoms with van der Waals surface area (Å²) >= 11 is 0. The molecule has 3 heterocycles. The Morgan fingerprint density at radius 3 is 2.48 bits per heavy atom. The molecule has 0 saturated carbocycles. The monoisotopic (exact) mass is 397 g/mol. The third-order valence-corrected chi connectivity index (χ3v) is 5.85. The van der Waals surface area contributed by atoms with E-state index in [1.807, 2.05) is 43.9 Å². The molecule has 4 rings (SSSR count). The van der Waals surface area contributed by atoms with Crippen molar-refractivity contribution in [2.24, 2.45) is 4.99 Å². The summed E-state index contributed by atoms with van der Waals surface area (Å²) in [5, 5.41) is 0. The zero-order valence-electron chi connectivity index (χ0n) is 17.3. The number of urea groups is 1. The zero-order valence-corrected chi connectivity index (χ0v) is 17.3. The molecule has 0 radical (unpaired) electrons. The Labute approximate surface area is 171 Å². The molecule has 1 aromatic carbocycles. The number of fused-ring (bicyclic) bond motifs is 3. The fourth-order valence-corrected chi connectivity index (χ4v) is 4.14. The molecule has 8 nitrogen and oxygen atoms in total. The highest BCUT2D eigenvalue weighted by atomic mass is 16.5. The van der Waals surface area contributed by atoms with Crippen molar-refractivity contribution < 1.29 is 14.3 Å². The molecule has 1 fully saturated rings. The summed E-state index contributed by atoms with van der Waals surface area (Å²) in [5.74, 6) is 0.517. The van der Waals surface area contributed by atoms with Gasteiger partial charge in [0.05, 0.1) is 19.7 Å². The first-order valence-corrected chi connectivity index (χ1v) is 9.97. The molecule has 8 heteroatoms. The van der Waals surface area contributed by atoms with E-state index in [0.29, 0.717) is 19.8 Å². The van der Waals surface area contributed by atoms with Crippen molar-refractivity contribution in [2.75, 3.05) is 26.8 Å². The van der Waals surface area contributed by atoms with Gasteiger partial charge in [-0.15, -0.1) is 0 Å². The van der Waals surface area contributed by atoms with E-state index in [9.17, 15) is 9.59 Å². The lowest BCUT2D eigenvalue weighted by Gasteiger charge is -2.40. The second-order valence-corrected chi connectivity index (χ2v) is 7.48. The van der Waals surface area contributed by atoms with Gasteiger partial charge < -0.3 is 14.5 Å². The van der Waals surface area contributed by atoms with Gasteiger partial charge in [0.15, 0.2) is 12.2 Å². The number of allylic oxidation sites excluding steroid dienone is 2. The molecule has 0 N–H and O–H groups in total. The molecule has 3 aliphatic rings. The quantitative estimate of drug-likeness (QED) is 0.688. The fraction of sp³-hybridized carbons (Fsp3) is 0.476. The number of hydrogen-bond donors (Lipinski definition) is 0. The average molecular weight is 397 g/mol. The van der Waals surface area contributed by atoms with E-state index in [4.69, 9.17) is 9.73 Å². The highest BCUT2D eigenvalue weighted by Crippen LogP contribution is 2.38. The minimum atomic E-state index is -0.537. The van der Waals surface area contributed by atoms with Crippen molar-refractivity contribution in [1.29, 1.82) is 0 Å². The van der Waals surface area contributed by atoms with Crippen LogP contribution in [0.3, 0.4) is 0 Å². The number of nitrogens with zero attached hydrogens (tertiary/aromatic N) is 5. The van der Waals surface area contributed by atoms with Gasteiger partial charge in [-0.05, 0) is 26.3 Å². The van der Waals surface area contributed by atoms with E-state index in [0.717, 1.165) is 22.9 Å². The molecule has 1 saturated heterocycles. The van der Waals surface area contributed by atoms with Crippen LogP contribution in [0.4, 0.5) is 4.79 Å². The van der Waals surface area contributed by atoms with Crippen molar-refractivity contribution in [3.8, 4) is 0 Å². The summed E-state index contributed by atoms with van der Waals surface area (Å²) in [5.41, 5.74) is 3.22. The standard InChI is InChI=1S/C21H27N5O3/c1-5-29-12-11-24-19(27)17-18(23(4)21(24)28)22-20-25(14(2)15(3)26(17)20)13-16-9-7-6-8-10-16/h6-10,17-18H,5,11-13H2,1-4H3. The first kappa shape index (κ1) is 19.4. The van der Waals surface area contributed by atoms with Crippen LogP contribution in [0.5, 0.6) is 0 Å². The minimum Gasteiger partial charge on any atom is -0.380 e. The smallest absolute Gasteiger partial charge is 0.328 e. The Morgan fingerprint density at radius 1 is 1.07 bits per heavy atom. The van der Waals surface area contributed by atoms with E-state index in [1.165, 1.54) is 4.90 Å². The largest absolute Gasteiger partial charge is 0.380 e. The number of benzene rings is 1. The van der Waals surface area contributed by atoms with E-state index < -0.39 is 12.2 Å². The van der Waals surface area contributed by atoms with Crippen LogP contribution in [0.2, 0.25) is 0 Å². The molecule has 0 bridgehead atoms. The maximum absolute atomic E-state index is 13.3. The molecule has 29 heavy (non-hydrogen) atoms. The summed E-state index contributed by atoms with van der Waals surface area (Å²) in [6, 6.07) is 9.30. The summed E-state index contributed by atoms with van der Waals surface area (Å²) in [4.78, 5) is 37.8. The van der Waals surface area contributed by atoms with E-state index in [-0.39, 0.29) is 18.5 Å². The number of guanidine groups is 1. The van der Waals surface area contributed by atoms with Crippen LogP contribution in [0, 0.1) is 0 Å². The highest BCUT2D eigenvalue weighted by Gasteiger charge is 2.55. The normalized spacial score (nSPS) is 23.8. The van der Waals surface area contributed by atoms with Crippen molar-refractivity contribution in [3.05, 3.63) is 47.3 Å². The van der Waals surface area contributed by atoms with Crippen LogP contribution in [-0.4, -0.2) is 76.5 Å². The molecule has 2 unspecified atom stereocenters. The molecular formula is C21H27N5O3. The molecule has 3 amide bonds. The summed E-state index contributed by atoms with van der Waals surface area (Å²) < 4.78 is 5.36. The lowest BCUT2D eigenvalue weighted by atomic mass is 10.1. The van der Waals surface area contributed by atoms with Gasteiger partial charge in [0.2, 0.25) is 5.96 Å². The maximum Gasteiger partial charge on any atom is 0.328 e. The number of imide groups is 1. The van der Waals surface area contributed by atoms with Crippen molar-refractivity contribution in [3.63, 3.8) is 0 Å². The maximum atomic E-state index is 13.3. The lowest BCUT2D eigenvalue weighted by Crippen LogP contribution is -2.65. The predicted molar refractivity (Wildman–Crippen MR) is 109 cm³/mol. The van der Waals surface area contributed by atoms with Gasteiger partial charge in [-0.25, -0.2) is 9.79 Å². The summed E-state index contributed by atoms with van der Waals surface area (Å²) in [6.45, 7) is 7.74. The molecule has 3 aliphatic heterocycles. The molecule has 0 aromatic heterocycles. The molecule has 154 valence electrons. The van der Waals surface area contributed by atoms with Crippen LogP contribution < -0.4 is 0 Å². The molecule has 0 spiro atoms. The highest BCUT2D eigenvalue weighted by molar-refractivity contribution is 6.05.